The van der Waals surface area contributed by atoms with Crippen LogP contribution in [0.5, 0.6) is 0 Å². The zero-order valence-electron chi connectivity index (χ0n) is 12.8. The Bertz CT molecular complexity index is 659. The number of amides is 2. The van der Waals surface area contributed by atoms with Gasteiger partial charge < -0.3 is 0 Å². The third-order valence-electron chi connectivity index (χ3n) is 2.54. The molecule has 2 amide bonds. The molecule has 5 nitrogen and oxygen atoms in total. The second-order valence-corrected chi connectivity index (χ2v) is 8.54. The maximum absolute atomic E-state index is 11.8. The molecule has 0 unspecified atom stereocenters. The van der Waals surface area contributed by atoms with Gasteiger partial charge in [-0.3, -0.25) is 14.9 Å². The van der Waals surface area contributed by atoms with E-state index < -0.39 is 0 Å². The van der Waals surface area contributed by atoms with Crippen LogP contribution >= 0.6 is 34.9 Å². The Hall–Kier alpha value is -1.38. The van der Waals surface area contributed by atoms with Gasteiger partial charge in [0.05, 0.1) is 5.75 Å². The van der Waals surface area contributed by atoms with E-state index in [0.29, 0.717) is 11.5 Å². The first-order chi connectivity index (χ1) is 11.0. The topological polar surface area (TPSA) is 72.0 Å². The minimum Gasteiger partial charge on any atom is -0.292 e. The summed E-state index contributed by atoms with van der Waals surface area (Å²) in [6.07, 6.45) is 0. The summed E-state index contributed by atoms with van der Waals surface area (Å²) in [6.45, 7) is 4.30. The highest BCUT2D eigenvalue weighted by Crippen LogP contribution is 2.29. The normalized spacial score (nSPS) is 10.7. The van der Waals surface area contributed by atoms with Crippen molar-refractivity contribution in [3.63, 3.8) is 0 Å². The fourth-order valence-electron chi connectivity index (χ4n) is 1.50. The van der Waals surface area contributed by atoms with Gasteiger partial charge in [0.2, 0.25) is 5.91 Å². The van der Waals surface area contributed by atoms with Crippen molar-refractivity contribution < 1.29 is 9.59 Å². The van der Waals surface area contributed by atoms with E-state index in [-0.39, 0.29) is 17.6 Å². The van der Waals surface area contributed by atoms with Crippen LogP contribution in [0.25, 0.3) is 0 Å². The predicted molar refractivity (Wildman–Crippen MR) is 95.1 cm³/mol. The summed E-state index contributed by atoms with van der Waals surface area (Å²) in [5, 5.41) is 10.5. The molecule has 0 fully saturated rings. The molecule has 0 spiro atoms. The molecule has 1 N–H and O–H groups in total. The van der Waals surface area contributed by atoms with Crippen molar-refractivity contribution in [3.05, 3.63) is 35.9 Å². The predicted octanol–water partition coefficient (Wildman–Crippen LogP) is 3.33. The van der Waals surface area contributed by atoms with Gasteiger partial charge in [-0.2, -0.15) is 0 Å². The third kappa shape index (κ3) is 6.32. The lowest BCUT2D eigenvalue weighted by molar-refractivity contribution is -0.117. The van der Waals surface area contributed by atoms with Crippen molar-refractivity contribution in [1.82, 2.24) is 15.5 Å². The van der Waals surface area contributed by atoms with Crippen LogP contribution in [0.1, 0.15) is 24.2 Å². The van der Waals surface area contributed by atoms with Gasteiger partial charge >= 0.3 is 0 Å². The van der Waals surface area contributed by atoms with Gasteiger partial charge in [-0.25, -0.2) is 0 Å². The van der Waals surface area contributed by atoms with E-state index >= 15 is 0 Å². The van der Waals surface area contributed by atoms with Crippen molar-refractivity contribution in [1.29, 1.82) is 0 Å². The number of hydrogen-bond donors (Lipinski definition) is 1. The SMILES string of the molecule is CC(C)CSc1nnc(SCC(=O)NC(=O)c2ccccc2)s1. The highest BCUT2D eigenvalue weighted by molar-refractivity contribution is 8.03. The van der Waals surface area contributed by atoms with Crippen molar-refractivity contribution >= 4 is 46.7 Å². The van der Waals surface area contributed by atoms with Gasteiger partial charge in [-0.05, 0) is 18.1 Å². The van der Waals surface area contributed by atoms with Crippen molar-refractivity contribution in [2.75, 3.05) is 11.5 Å². The van der Waals surface area contributed by atoms with E-state index in [2.05, 4.69) is 29.4 Å². The molecule has 0 radical (unpaired) electrons. The molecule has 0 bridgehead atoms. The Morgan fingerprint density at radius 3 is 2.43 bits per heavy atom. The molecule has 0 aliphatic carbocycles. The average Bonchev–Trinajstić information content (AvgIpc) is 3.00. The van der Waals surface area contributed by atoms with Gasteiger partial charge in [-0.1, -0.05) is 66.9 Å². The molecule has 2 aromatic rings. The summed E-state index contributed by atoms with van der Waals surface area (Å²) in [7, 11) is 0. The highest BCUT2D eigenvalue weighted by atomic mass is 32.2. The first-order valence-corrected chi connectivity index (χ1v) is 9.81. The van der Waals surface area contributed by atoms with E-state index in [4.69, 9.17) is 0 Å². The van der Waals surface area contributed by atoms with Crippen LogP contribution in [0.3, 0.4) is 0 Å². The number of nitrogens with zero attached hydrogens (tertiary/aromatic N) is 2. The summed E-state index contributed by atoms with van der Waals surface area (Å²) < 4.78 is 1.64. The highest BCUT2D eigenvalue weighted by Gasteiger charge is 2.12. The van der Waals surface area contributed by atoms with Gasteiger partial charge in [0.1, 0.15) is 0 Å². The molecule has 1 aromatic heterocycles. The number of nitrogens with one attached hydrogen (secondary N) is 1. The smallest absolute Gasteiger partial charge is 0.257 e. The molecular formula is C15H17N3O2S3. The largest absolute Gasteiger partial charge is 0.292 e. The van der Waals surface area contributed by atoms with E-state index in [1.807, 2.05) is 6.07 Å². The van der Waals surface area contributed by atoms with Gasteiger partial charge in [0.25, 0.3) is 5.91 Å². The van der Waals surface area contributed by atoms with Crippen LogP contribution < -0.4 is 5.32 Å². The quantitative estimate of drug-likeness (QED) is 0.757. The maximum atomic E-state index is 11.8. The molecule has 23 heavy (non-hydrogen) atoms. The Labute approximate surface area is 147 Å². The molecule has 122 valence electrons. The summed E-state index contributed by atoms with van der Waals surface area (Å²) >= 11 is 4.43. The fourth-order valence-corrected chi connectivity index (χ4v) is 4.30. The Morgan fingerprint density at radius 2 is 1.78 bits per heavy atom. The van der Waals surface area contributed by atoms with Crippen LogP contribution in [-0.4, -0.2) is 33.5 Å². The van der Waals surface area contributed by atoms with Crippen LogP contribution in [0.2, 0.25) is 0 Å². The molecule has 0 aliphatic rings. The number of hydrogen-bond acceptors (Lipinski definition) is 7. The molecule has 2 rings (SSSR count). The van der Waals surface area contributed by atoms with Crippen LogP contribution in [0.15, 0.2) is 39.0 Å². The van der Waals surface area contributed by atoms with Crippen molar-refractivity contribution in [2.45, 2.75) is 22.5 Å². The summed E-state index contributed by atoms with van der Waals surface area (Å²) in [5.41, 5.74) is 0.467. The first-order valence-electron chi connectivity index (χ1n) is 7.03. The minimum absolute atomic E-state index is 0.141. The molecule has 0 saturated carbocycles. The summed E-state index contributed by atoms with van der Waals surface area (Å²) in [6, 6.07) is 8.66. The second kappa shape index (κ2) is 9.05. The lowest BCUT2D eigenvalue weighted by atomic mass is 10.2. The first kappa shape index (κ1) is 18.0. The summed E-state index contributed by atoms with van der Waals surface area (Å²) in [5.74, 6) is 1.000. The zero-order chi connectivity index (χ0) is 16.7. The molecule has 8 heteroatoms. The summed E-state index contributed by atoms with van der Waals surface area (Å²) in [4.78, 5) is 23.7. The lowest BCUT2D eigenvalue weighted by Crippen LogP contribution is -2.31. The monoisotopic (exact) mass is 367 g/mol. The Balaban J connectivity index is 1.77. The van der Waals surface area contributed by atoms with E-state index in [1.54, 1.807) is 36.0 Å². The Kier molecular flexibility index (Phi) is 7.07. The molecule has 1 heterocycles. The number of carbonyl (C=O) groups is 2. The van der Waals surface area contributed by atoms with Crippen LogP contribution in [-0.2, 0) is 4.79 Å². The van der Waals surface area contributed by atoms with Crippen LogP contribution in [0, 0.1) is 5.92 Å². The number of thioether (sulfide) groups is 2. The minimum atomic E-state index is -0.387. The number of aromatic nitrogens is 2. The molecule has 1 aromatic carbocycles. The molecule has 0 aliphatic heterocycles. The van der Waals surface area contributed by atoms with Gasteiger partial charge in [0, 0.05) is 11.3 Å². The average molecular weight is 368 g/mol. The lowest BCUT2D eigenvalue weighted by Gasteiger charge is -2.02. The van der Waals surface area contributed by atoms with Gasteiger partial charge in [-0.15, -0.1) is 10.2 Å². The van der Waals surface area contributed by atoms with Gasteiger partial charge in [0.15, 0.2) is 8.68 Å². The molecule has 0 atom stereocenters. The fraction of sp³-hybridized carbons (Fsp3) is 0.333. The Morgan fingerprint density at radius 1 is 1.13 bits per heavy atom. The van der Waals surface area contributed by atoms with E-state index in [1.165, 1.54) is 23.1 Å². The van der Waals surface area contributed by atoms with Crippen molar-refractivity contribution in [3.8, 4) is 0 Å². The second-order valence-electron chi connectivity index (χ2n) is 5.07. The standard InChI is InChI=1S/C15H17N3O2S3/c1-10(2)8-21-14-17-18-15(23-14)22-9-12(19)16-13(20)11-6-4-3-5-7-11/h3-7,10H,8-9H2,1-2H3,(H,16,19,20). The maximum Gasteiger partial charge on any atom is 0.257 e. The number of imide groups is 1. The molecule has 0 saturated heterocycles. The number of carbonyl (C=O) groups excluding carboxylic acids is 2. The van der Waals surface area contributed by atoms with E-state index in [0.717, 1.165) is 14.4 Å². The molecular weight excluding hydrogens is 350 g/mol. The van der Waals surface area contributed by atoms with Crippen molar-refractivity contribution in [2.24, 2.45) is 5.92 Å². The van der Waals surface area contributed by atoms with E-state index in [9.17, 15) is 9.59 Å². The third-order valence-corrected chi connectivity index (χ3v) is 6.16. The zero-order valence-corrected chi connectivity index (χ0v) is 15.3. The van der Waals surface area contributed by atoms with Crippen LogP contribution in [0.4, 0.5) is 0 Å². The number of rotatable bonds is 7. The number of benzene rings is 1.